The molecule has 0 aliphatic rings. The standard InChI is InChI=1S/C20H21ClFN3O3S/c1-24-17-9-5-15(6-10-17)14-25(19(20(23)26)4-2-3-13-22)29(27,28)18-11-7-16(21)8-12-18/h5-12,19H,2-4,13-14H2,(H2,23,26). The SMILES string of the molecule is [C-]#[N+]c1ccc(CN(C(CCCCF)C(N)=O)S(=O)(=O)c2ccc(Cl)cc2)cc1. The second-order valence-corrected chi connectivity index (χ2v) is 8.71. The largest absolute Gasteiger partial charge is 0.368 e. The molecule has 0 saturated heterocycles. The zero-order chi connectivity index (χ0) is 21.4. The van der Waals surface area contributed by atoms with Crippen LogP contribution in [0, 0.1) is 6.57 Å². The van der Waals surface area contributed by atoms with Crippen LogP contribution < -0.4 is 5.73 Å². The maximum absolute atomic E-state index is 13.3. The predicted octanol–water partition coefficient (Wildman–Crippen LogP) is 4.08. The topological polar surface area (TPSA) is 84.8 Å². The number of unbranched alkanes of at least 4 members (excludes halogenated alkanes) is 1. The van der Waals surface area contributed by atoms with Gasteiger partial charge in [0, 0.05) is 11.6 Å². The Morgan fingerprint density at radius 3 is 2.28 bits per heavy atom. The summed E-state index contributed by atoms with van der Waals surface area (Å²) in [5, 5.41) is 0.375. The zero-order valence-electron chi connectivity index (χ0n) is 15.6. The van der Waals surface area contributed by atoms with E-state index < -0.39 is 28.6 Å². The van der Waals surface area contributed by atoms with Crippen LogP contribution in [0.3, 0.4) is 0 Å². The number of primary amides is 1. The fourth-order valence-corrected chi connectivity index (χ4v) is 4.56. The van der Waals surface area contributed by atoms with Gasteiger partial charge in [-0.1, -0.05) is 35.9 Å². The van der Waals surface area contributed by atoms with Crippen molar-refractivity contribution >= 4 is 33.2 Å². The van der Waals surface area contributed by atoms with E-state index in [4.69, 9.17) is 23.9 Å². The van der Waals surface area contributed by atoms with Crippen molar-refractivity contribution in [2.24, 2.45) is 5.73 Å². The highest BCUT2D eigenvalue weighted by atomic mass is 35.5. The first-order valence-electron chi connectivity index (χ1n) is 8.88. The molecule has 0 aliphatic carbocycles. The van der Waals surface area contributed by atoms with Crippen LogP contribution in [0.2, 0.25) is 5.02 Å². The van der Waals surface area contributed by atoms with Gasteiger partial charge >= 0.3 is 0 Å². The maximum Gasteiger partial charge on any atom is 0.244 e. The number of sulfonamides is 1. The van der Waals surface area contributed by atoms with Crippen LogP contribution >= 0.6 is 11.6 Å². The minimum atomic E-state index is -4.09. The third-order valence-electron chi connectivity index (χ3n) is 4.36. The van der Waals surface area contributed by atoms with Gasteiger partial charge in [-0.05, 0) is 49.1 Å². The van der Waals surface area contributed by atoms with Crippen molar-refractivity contribution in [1.82, 2.24) is 4.31 Å². The molecule has 154 valence electrons. The second kappa shape index (κ2) is 10.3. The number of hydrogen-bond donors (Lipinski definition) is 1. The van der Waals surface area contributed by atoms with Crippen LogP contribution in [-0.4, -0.2) is 31.3 Å². The molecule has 6 nitrogen and oxygen atoms in total. The highest BCUT2D eigenvalue weighted by Gasteiger charge is 2.34. The van der Waals surface area contributed by atoms with Crippen LogP contribution in [0.4, 0.5) is 10.1 Å². The predicted molar refractivity (Wildman–Crippen MR) is 110 cm³/mol. The molecule has 0 bridgehead atoms. The summed E-state index contributed by atoms with van der Waals surface area (Å²) in [6.07, 6.45) is 0.623. The summed E-state index contributed by atoms with van der Waals surface area (Å²) in [6.45, 7) is 6.34. The van der Waals surface area contributed by atoms with Crippen molar-refractivity contribution in [3.05, 3.63) is 70.5 Å². The van der Waals surface area contributed by atoms with Gasteiger partial charge in [0.25, 0.3) is 0 Å². The normalized spacial score (nSPS) is 12.5. The molecule has 0 radical (unpaired) electrons. The zero-order valence-corrected chi connectivity index (χ0v) is 17.2. The minimum Gasteiger partial charge on any atom is -0.368 e. The molecule has 2 aromatic carbocycles. The third kappa shape index (κ3) is 6.00. The summed E-state index contributed by atoms with van der Waals surface area (Å²) in [5.41, 5.74) is 6.52. The summed E-state index contributed by atoms with van der Waals surface area (Å²) in [5.74, 6) is -0.806. The van der Waals surface area contributed by atoms with Gasteiger partial charge in [-0.2, -0.15) is 4.31 Å². The quantitative estimate of drug-likeness (QED) is 0.449. The van der Waals surface area contributed by atoms with E-state index in [1.54, 1.807) is 24.3 Å². The lowest BCUT2D eigenvalue weighted by Gasteiger charge is -2.29. The number of nitrogens with zero attached hydrogens (tertiary/aromatic N) is 2. The van der Waals surface area contributed by atoms with Crippen molar-refractivity contribution < 1.29 is 17.6 Å². The molecular formula is C20H21ClFN3O3S. The Bertz CT molecular complexity index is 974. The number of halogens is 2. The van der Waals surface area contributed by atoms with Gasteiger partial charge in [-0.15, -0.1) is 0 Å². The van der Waals surface area contributed by atoms with Crippen molar-refractivity contribution in [3.63, 3.8) is 0 Å². The van der Waals surface area contributed by atoms with Gasteiger partial charge < -0.3 is 5.73 Å². The molecule has 0 saturated carbocycles. The molecule has 29 heavy (non-hydrogen) atoms. The Kier molecular flexibility index (Phi) is 8.14. The smallest absolute Gasteiger partial charge is 0.244 e. The van der Waals surface area contributed by atoms with Crippen LogP contribution in [0.25, 0.3) is 4.85 Å². The first kappa shape index (κ1) is 22.8. The molecule has 1 unspecified atom stereocenters. The number of hydrogen-bond acceptors (Lipinski definition) is 3. The highest BCUT2D eigenvalue weighted by Crippen LogP contribution is 2.25. The molecule has 0 heterocycles. The second-order valence-electron chi connectivity index (χ2n) is 6.39. The molecule has 2 rings (SSSR count). The first-order valence-corrected chi connectivity index (χ1v) is 10.7. The third-order valence-corrected chi connectivity index (χ3v) is 6.48. The number of carbonyl (C=O) groups is 1. The number of benzene rings is 2. The highest BCUT2D eigenvalue weighted by molar-refractivity contribution is 7.89. The minimum absolute atomic E-state index is 0.0311. The van der Waals surface area contributed by atoms with E-state index in [-0.39, 0.29) is 24.3 Å². The Morgan fingerprint density at radius 1 is 1.14 bits per heavy atom. The fourth-order valence-electron chi connectivity index (χ4n) is 2.82. The first-order chi connectivity index (χ1) is 13.8. The molecule has 2 aromatic rings. The van der Waals surface area contributed by atoms with Gasteiger partial charge in [0.1, 0.15) is 6.04 Å². The Labute approximate surface area is 175 Å². The van der Waals surface area contributed by atoms with Crippen molar-refractivity contribution in [1.29, 1.82) is 0 Å². The summed E-state index contributed by atoms with van der Waals surface area (Å²) in [7, 11) is -4.09. The average molecular weight is 438 g/mol. The van der Waals surface area contributed by atoms with Crippen LogP contribution in [0.5, 0.6) is 0 Å². The van der Waals surface area contributed by atoms with E-state index in [2.05, 4.69) is 4.85 Å². The van der Waals surface area contributed by atoms with Gasteiger partial charge in [-0.3, -0.25) is 9.18 Å². The lowest BCUT2D eigenvalue weighted by molar-refractivity contribution is -0.122. The summed E-state index contributed by atoms with van der Waals surface area (Å²) < 4.78 is 40.2. The van der Waals surface area contributed by atoms with Crippen LogP contribution in [-0.2, 0) is 21.4 Å². The molecule has 9 heteroatoms. The Hall–Kier alpha value is -2.47. The summed E-state index contributed by atoms with van der Waals surface area (Å²) in [6, 6.07) is 10.8. The number of nitrogens with two attached hydrogens (primary N) is 1. The summed E-state index contributed by atoms with van der Waals surface area (Å²) >= 11 is 5.85. The molecule has 2 N–H and O–H groups in total. The number of alkyl halides is 1. The maximum atomic E-state index is 13.3. The lowest BCUT2D eigenvalue weighted by atomic mass is 10.1. The van der Waals surface area contributed by atoms with E-state index in [1.807, 2.05) is 0 Å². The number of rotatable bonds is 10. The Morgan fingerprint density at radius 2 is 1.76 bits per heavy atom. The molecule has 0 fully saturated rings. The molecule has 0 aliphatic heterocycles. The number of amides is 1. The Balaban J connectivity index is 2.45. The average Bonchev–Trinajstić information content (AvgIpc) is 2.70. The van der Waals surface area contributed by atoms with Crippen molar-refractivity contribution in [2.75, 3.05) is 6.67 Å². The van der Waals surface area contributed by atoms with Crippen molar-refractivity contribution in [3.8, 4) is 0 Å². The molecule has 1 atom stereocenters. The molecule has 0 spiro atoms. The van der Waals surface area contributed by atoms with Gasteiger partial charge in [-0.25, -0.2) is 13.3 Å². The van der Waals surface area contributed by atoms with Gasteiger partial charge in [0.05, 0.1) is 18.1 Å². The van der Waals surface area contributed by atoms with Crippen molar-refractivity contribution in [2.45, 2.75) is 36.7 Å². The molecular weight excluding hydrogens is 417 g/mol. The van der Waals surface area contributed by atoms with E-state index in [0.29, 0.717) is 22.7 Å². The molecule has 1 amide bonds. The van der Waals surface area contributed by atoms with Crippen LogP contribution in [0.1, 0.15) is 24.8 Å². The van der Waals surface area contributed by atoms with E-state index in [0.717, 1.165) is 4.31 Å². The van der Waals surface area contributed by atoms with E-state index >= 15 is 0 Å². The van der Waals surface area contributed by atoms with E-state index in [9.17, 15) is 17.6 Å². The van der Waals surface area contributed by atoms with Gasteiger partial charge in [0.2, 0.25) is 15.9 Å². The molecule has 0 aromatic heterocycles. The van der Waals surface area contributed by atoms with Crippen LogP contribution in [0.15, 0.2) is 53.4 Å². The summed E-state index contributed by atoms with van der Waals surface area (Å²) in [4.78, 5) is 15.4. The van der Waals surface area contributed by atoms with E-state index in [1.165, 1.54) is 24.3 Å². The monoisotopic (exact) mass is 437 g/mol. The van der Waals surface area contributed by atoms with Gasteiger partial charge in [0.15, 0.2) is 5.69 Å². The fraction of sp³-hybridized carbons (Fsp3) is 0.300. The number of carbonyl (C=O) groups excluding carboxylic acids is 1. The lowest BCUT2D eigenvalue weighted by Crippen LogP contribution is -2.47.